The van der Waals surface area contributed by atoms with Gasteiger partial charge in [-0.2, -0.15) is 0 Å². The minimum Gasteiger partial charge on any atom is -0.299 e. The molecule has 0 saturated heterocycles. The predicted molar refractivity (Wildman–Crippen MR) is 81.7 cm³/mol. The lowest BCUT2D eigenvalue weighted by Crippen LogP contribution is -2.53. The highest BCUT2D eigenvalue weighted by Crippen LogP contribution is 2.64. The second-order valence-corrected chi connectivity index (χ2v) is 8.41. The summed E-state index contributed by atoms with van der Waals surface area (Å²) in [6, 6.07) is 0. The molecular formula is C19H26O2. The summed E-state index contributed by atoms with van der Waals surface area (Å²) in [5.41, 5.74) is 1.45. The molecule has 0 radical (unpaired) electrons. The molecule has 0 aromatic carbocycles. The maximum absolute atomic E-state index is 12.8. The smallest absolute Gasteiger partial charge is 0.155 e. The van der Waals surface area contributed by atoms with Crippen molar-refractivity contribution < 1.29 is 9.59 Å². The fourth-order valence-electron chi connectivity index (χ4n) is 6.27. The summed E-state index contributed by atoms with van der Waals surface area (Å²) in [4.78, 5) is 24.6. The van der Waals surface area contributed by atoms with Crippen LogP contribution in [-0.4, -0.2) is 11.6 Å². The summed E-state index contributed by atoms with van der Waals surface area (Å²) >= 11 is 0. The van der Waals surface area contributed by atoms with Crippen LogP contribution < -0.4 is 0 Å². The van der Waals surface area contributed by atoms with Crippen LogP contribution >= 0.6 is 0 Å². The number of carbonyl (C=O) groups is 2. The van der Waals surface area contributed by atoms with Gasteiger partial charge in [-0.05, 0) is 61.3 Å². The van der Waals surface area contributed by atoms with Gasteiger partial charge >= 0.3 is 0 Å². The van der Waals surface area contributed by atoms with E-state index in [0.717, 1.165) is 25.7 Å². The predicted octanol–water partition coefficient (Wildman–Crippen LogP) is 4.09. The molecule has 0 bridgehead atoms. The van der Waals surface area contributed by atoms with E-state index in [0.29, 0.717) is 35.7 Å². The van der Waals surface area contributed by atoms with Crippen LogP contribution in [-0.2, 0) is 9.59 Å². The van der Waals surface area contributed by atoms with Crippen molar-refractivity contribution >= 4 is 11.6 Å². The summed E-state index contributed by atoms with van der Waals surface area (Å²) in [7, 11) is 0. The van der Waals surface area contributed by atoms with Gasteiger partial charge in [-0.25, -0.2) is 0 Å². The molecule has 114 valence electrons. The van der Waals surface area contributed by atoms with Crippen molar-refractivity contribution in [2.75, 3.05) is 0 Å². The quantitative estimate of drug-likeness (QED) is 0.672. The molecule has 2 nitrogen and oxygen atoms in total. The monoisotopic (exact) mass is 286 g/mol. The third-order valence-corrected chi connectivity index (χ3v) is 7.63. The first-order chi connectivity index (χ1) is 9.95. The maximum atomic E-state index is 12.8. The largest absolute Gasteiger partial charge is 0.299 e. The van der Waals surface area contributed by atoms with Gasteiger partial charge in [0, 0.05) is 18.3 Å². The standard InChI is InChI=1S/C19H26O2/c1-18-9-7-13(20)10-12(18)5-6-14-15-4-3-8-19(15,2)17(21)11-16(14)18/h10,14-16H,3-9,11H2,1-2H3/t14-,15-,16-,18-,19+/m0/s1. The average Bonchev–Trinajstić information content (AvgIpc) is 2.85. The van der Waals surface area contributed by atoms with Crippen LogP contribution in [0.25, 0.3) is 0 Å². The first-order valence-electron chi connectivity index (χ1n) is 8.72. The number of allylic oxidation sites excluding steroid dienone is 1. The molecule has 0 heterocycles. The van der Waals surface area contributed by atoms with Gasteiger partial charge in [0.2, 0.25) is 0 Å². The number of rotatable bonds is 0. The Morgan fingerprint density at radius 2 is 1.81 bits per heavy atom. The molecule has 0 amide bonds. The van der Waals surface area contributed by atoms with Crippen LogP contribution in [0.5, 0.6) is 0 Å². The van der Waals surface area contributed by atoms with Gasteiger partial charge in [-0.3, -0.25) is 9.59 Å². The third-order valence-electron chi connectivity index (χ3n) is 7.63. The fourth-order valence-corrected chi connectivity index (χ4v) is 6.27. The first-order valence-corrected chi connectivity index (χ1v) is 8.72. The van der Waals surface area contributed by atoms with E-state index < -0.39 is 0 Å². The van der Waals surface area contributed by atoms with Gasteiger partial charge < -0.3 is 0 Å². The van der Waals surface area contributed by atoms with Crippen molar-refractivity contribution in [3.05, 3.63) is 11.6 Å². The number of carbonyl (C=O) groups excluding carboxylic acids is 2. The summed E-state index contributed by atoms with van der Waals surface area (Å²) in [6.07, 6.45) is 10.2. The molecule has 5 atom stereocenters. The van der Waals surface area contributed by atoms with Crippen molar-refractivity contribution in [2.24, 2.45) is 28.6 Å². The highest BCUT2D eigenvalue weighted by atomic mass is 16.1. The topological polar surface area (TPSA) is 34.1 Å². The molecular weight excluding hydrogens is 260 g/mol. The summed E-state index contributed by atoms with van der Waals surface area (Å²) in [5, 5.41) is 0. The lowest BCUT2D eigenvalue weighted by molar-refractivity contribution is -0.143. The lowest BCUT2D eigenvalue weighted by atomic mass is 9.47. The molecule has 4 aliphatic rings. The van der Waals surface area contributed by atoms with E-state index in [4.69, 9.17) is 0 Å². The average molecular weight is 286 g/mol. The molecule has 3 saturated carbocycles. The normalized spacial score (nSPS) is 49.2. The zero-order valence-electron chi connectivity index (χ0n) is 13.3. The second kappa shape index (κ2) is 4.30. The van der Waals surface area contributed by atoms with Crippen LogP contribution in [0.3, 0.4) is 0 Å². The fraction of sp³-hybridized carbons (Fsp3) is 0.789. The van der Waals surface area contributed by atoms with Gasteiger partial charge in [0.05, 0.1) is 0 Å². The molecule has 0 aliphatic heterocycles. The molecule has 0 aromatic heterocycles. The highest BCUT2D eigenvalue weighted by Gasteiger charge is 2.59. The third kappa shape index (κ3) is 1.71. The van der Waals surface area contributed by atoms with Crippen molar-refractivity contribution in [1.29, 1.82) is 0 Å². The molecule has 0 N–H and O–H groups in total. The highest BCUT2D eigenvalue weighted by molar-refractivity contribution is 5.92. The lowest BCUT2D eigenvalue weighted by Gasteiger charge is -2.56. The van der Waals surface area contributed by atoms with Crippen LogP contribution in [0.4, 0.5) is 0 Å². The number of ketones is 2. The molecule has 0 unspecified atom stereocenters. The summed E-state index contributed by atoms with van der Waals surface area (Å²) in [5.74, 6) is 2.64. The molecule has 4 rings (SSSR count). The van der Waals surface area contributed by atoms with Crippen molar-refractivity contribution in [3.8, 4) is 0 Å². The Balaban J connectivity index is 1.74. The summed E-state index contributed by atoms with van der Waals surface area (Å²) in [6.45, 7) is 4.58. The molecule has 21 heavy (non-hydrogen) atoms. The second-order valence-electron chi connectivity index (χ2n) is 8.41. The molecule has 0 spiro atoms. The van der Waals surface area contributed by atoms with Crippen molar-refractivity contribution in [2.45, 2.75) is 65.2 Å². The Kier molecular flexibility index (Phi) is 2.81. The number of fused-ring (bicyclic) bond motifs is 5. The minimum absolute atomic E-state index is 0.0246. The number of hydrogen-bond acceptors (Lipinski definition) is 2. The molecule has 2 heteroatoms. The van der Waals surface area contributed by atoms with Crippen LogP contribution in [0.15, 0.2) is 11.6 Å². The zero-order chi connectivity index (χ0) is 14.8. The Bertz CT molecular complexity index is 546. The zero-order valence-corrected chi connectivity index (χ0v) is 13.3. The van der Waals surface area contributed by atoms with Gasteiger partial charge in [-0.1, -0.05) is 25.8 Å². The van der Waals surface area contributed by atoms with E-state index in [2.05, 4.69) is 13.8 Å². The van der Waals surface area contributed by atoms with Gasteiger partial charge in [0.25, 0.3) is 0 Å². The molecule has 4 aliphatic carbocycles. The Labute approximate surface area is 127 Å². The van der Waals surface area contributed by atoms with E-state index >= 15 is 0 Å². The molecule has 0 aromatic rings. The van der Waals surface area contributed by atoms with Crippen LogP contribution in [0.2, 0.25) is 0 Å². The Morgan fingerprint density at radius 3 is 2.62 bits per heavy atom. The van der Waals surface area contributed by atoms with E-state index in [-0.39, 0.29) is 10.8 Å². The SMILES string of the molecule is C[C@@]12CCC[C@H]1[C@@H]1CCC3=CC(=O)CC[C@]3(C)[C@H]1CC2=O. The van der Waals surface area contributed by atoms with E-state index in [9.17, 15) is 9.59 Å². The number of Topliss-reactive ketones (excluding diaryl/α,β-unsaturated/α-hetero) is 1. The van der Waals surface area contributed by atoms with E-state index in [1.807, 2.05) is 6.08 Å². The summed E-state index contributed by atoms with van der Waals surface area (Å²) < 4.78 is 0. The van der Waals surface area contributed by atoms with E-state index in [1.54, 1.807) is 0 Å². The number of hydrogen-bond donors (Lipinski definition) is 0. The molecule has 3 fully saturated rings. The minimum atomic E-state index is -0.0246. The van der Waals surface area contributed by atoms with Crippen molar-refractivity contribution in [1.82, 2.24) is 0 Å². The van der Waals surface area contributed by atoms with E-state index in [1.165, 1.54) is 24.8 Å². The van der Waals surface area contributed by atoms with Crippen LogP contribution in [0.1, 0.15) is 65.2 Å². The maximum Gasteiger partial charge on any atom is 0.155 e. The van der Waals surface area contributed by atoms with Crippen LogP contribution in [0, 0.1) is 28.6 Å². The first kappa shape index (κ1) is 13.7. The van der Waals surface area contributed by atoms with Gasteiger partial charge in [0.15, 0.2) is 5.78 Å². The van der Waals surface area contributed by atoms with Gasteiger partial charge in [0.1, 0.15) is 5.78 Å². The Hall–Kier alpha value is -0.920. The van der Waals surface area contributed by atoms with Gasteiger partial charge in [-0.15, -0.1) is 0 Å². The Morgan fingerprint density at radius 1 is 1.00 bits per heavy atom. The van der Waals surface area contributed by atoms with Crippen molar-refractivity contribution in [3.63, 3.8) is 0 Å².